The normalized spacial score (nSPS) is 22.9. The lowest BCUT2D eigenvalue weighted by Gasteiger charge is -2.26. The number of hydrogen-bond donors (Lipinski definition) is 2. The predicted octanol–water partition coefficient (Wildman–Crippen LogP) is 2.36. The Hall–Kier alpha value is -1.06. The number of hydrogen-bond acceptors (Lipinski definition) is 2. The molecule has 0 spiro atoms. The Morgan fingerprint density at radius 2 is 1.78 bits per heavy atom. The minimum absolute atomic E-state index is 0. The smallest absolute Gasteiger partial charge is 0.251 e. The Labute approximate surface area is 115 Å². The van der Waals surface area contributed by atoms with Gasteiger partial charge in [-0.25, -0.2) is 0 Å². The summed E-state index contributed by atoms with van der Waals surface area (Å²) in [7, 11) is 0. The van der Waals surface area contributed by atoms with E-state index in [4.69, 9.17) is 5.73 Å². The fourth-order valence-corrected chi connectivity index (χ4v) is 2.32. The van der Waals surface area contributed by atoms with Crippen LogP contribution in [0.1, 0.15) is 36.0 Å². The number of halogens is 1. The molecule has 0 aliphatic heterocycles. The Kier molecular flexibility index (Phi) is 6.16. The highest BCUT2D eigenvalue weighted by molar-refractivity contribution is 5.94. The van der Waals surface area contributed by atoms with Gasteiger partial charge in [-0.1, -0.05) is 18.2 Å². The van der Waals surface area contributed by atoms with Crippen molar-refractivity contribution in [2.75, 3.05) is 6.54 Å². The lowest BCUT2D eigenvalue weighted by atomic mass is 9.86. The van der Waals surface area contributed by atoms with Crippen LogP contribution in [0.25, 0.3) is 0 Å². The molecular formula is C14H21ClN2O. The fraction of sp³-hybridized carbons (Fsp3) is 0.500. The van der Waals surface area contributed by atoms with Crippen LogP contribution < -0.4 is 11.1 Å². The fourth-order valence-electron chi connectivity index (χ4n) is 2.32. The van der Waals surface area contributed by atoms with Crippen molar-refractivity contribution in [2.24, 2.45) is 11.7 Å². The van der Waals surface area contributed by atoms with Crippen molar-refractivity contribution in [2.45, 2.75) is 31.7 Å². The van der Waals surface area contributed by atoms with Crippen LogP contribution in [0.5, 0.6) is 0 Å². The Balaban J connectivity index is 0.00000162. The summed E-state index contributed by atoms with van der Waals surface area (Å²) in [5, 5.41) is 3.00. The first-order valence-electron chi connectivity index (χ1n) is 6.34. The minimum Gasteiger partial charge on any atom is -0.352 e. The zero-order valence-corrected chi connectivity index (χ0v) is 11.3. The lowest BCUT2D eigenvalue weighted by molar-refractivity contribution is 0.0943. The molecule has 0 aromatic heterocycles. The Bertz CT molecular complexity index is 361. The van der Waals surface area contributed by atoms with E-state index in [0.29, 0.717) is 12.0 Å². The summed E-state index contributed by atoms with van der Waals surface area (Å²) in [6.45, 7) is 0.778. The summed E-state index contributed by atoms with van der Waals surface area (Å²) in [5.41, 5.74) is 6.59. The van der Waals surface area contributed by atoms with Crippen LogP contribution in [0.4, 0.5) is 0 Å². The number of rotatable bonds is 3. The summed E-state index contributed by atoms with van der Waals surface area (Å²) < 4.78 is 0. The quantitative estimate of drug-likeness (QED) is 0.884. The number of carbonyl (C=O) groups excluding carboxylic acids is 1. The Morgan fingerprint density at radius 3 is 2.39 bits per heavy atom. The van der Waals surface area contributed by atoms with Crippen LogP contribution in [0.3, 0.4) is 0 Å². The van der Waals surface area contributed by atoms with Gasteiger partial charge in [0.25, 0.3) is 5.91 Å². The molecule has 3 N–H and O–H groups in total. The standard InChI is InChI=1S/C14H20N2O.ClH/c15-13-8-6-11(7-9-13)10-16-14(17)12-4-2-1-3-5-12;/h1-5,11,13H,6-10,15H2,(H,16,17);1H. The average molecular weight is 269 g/mol. The molecule has 1 aliphatic carbocycles. The van der Waals surface area contributed by atoms with Crippen molar-refractivity contribution in [1.29, 1.82) is 0 Å². The molecule has 1 fully saturated rings. The van der Waals surface area contributed by atoms with Gasteiger partial charge in [0.1, 0.15) is 0 Å². The third-order valence-corrected chi connectivity index (χ3v) is 3.48. The summed E-state index contributed by atoms with van der Waals surface area (Å²) in [6.07, 6.45) is 4.45. The van der Waals surface area contributed by atoms with E-state index in [9.17, 15) is 4.79 Å². The van der Waals surface area contributed by atoms with Crippen molar-refractivity contribution >= 4 is 18.3 Å². The average Bonchev–Trinajstić information content (AvgIpc) is 2.39. The summed E-state index contributed by atoms with van der Waals surface area (Å²) in [5.74, 6) is 0.628. The first kappa shape index (κ1) is 15.0. The first-order chi connectivity index (χ1) is 8.25. The molecule has 4 heteroatoms. The molecule has 1 aromatic carbocycles. The van der Waals surface area contributed by atoms with Gasteiger partial charge in [-0.15, -0.1) is 12.4 Å². The molecule has 0 radical (unpaired) electrons. The monoisotopic (exact) mass is 268 g/mol. The maximum absolute atomic E-state index is 11.8. The van der Waals surface area contributed by atoms with Crippen molar-refractivity contribution in [3.8, 4) is 0 Å². The van der Waals surface area contributed by atoms with Crippen molar-refractivity contribution < 1.29 is 4.79 Å². The van der Waals surface area contributed by atoms with Crippen LogP contribution in [0.15, 0.2) is 30.3 Å². The maximum Gasteiger partial charge on any atom is 0.251 e. The van der Waals surface area contributed by atoms with E-state index in [2.05, 4.69) is 5.32 Å². The molecule has 0 bridgehead atoms. The first-order valence-corrected chi connectivity index (χ1v) is 6.34. The second-order valence-corrected chi connectivity index (χ2v) is 4.86. The molecular weight excluding hydrogens is 248 g/mol. The second-order valence-electron chi connectivity index (χ2n) is 4.86. The third-order valence-electron chi connectivity index (χ3n) is 3.48. The van der Waals surface area contributed by atoms with E-state index in [1.807, 2.05) is 30.3 Å². The van der Waals surface area contributed by atoms with Crippen molar-refractivity contribution in [3.63, 3.8) is 0 Å². The molecule has 0 atom stereocenters. The molecule has 0 saturated heterocycles. The van der Waals surface area contributed by atoms with Gasteiger partial charge in [0.15, 0.2) is 0 Å². The van der Waals surface area contributed by atoms with Gasteiger partial charge >= 0.3 is 0 Å². The molecule has 18 heavy (non-hydrogen) atoms. The highest BCUT2D eigenvalue weighted by atomic mass is 35.5. The second kappa shape index (κ2) is 7.39. The van der Waals surface area contributed by atoms with Gasteiger partial charge in [-0.3, -0.25) is 4.79 Å². The van der Waals surface area contributed by atoms with Gasteiger partial charge in [-0.2, -0.15) is 0 Å². The van der Waals surface area contributed by atoms with E-state index < -0.39 is 0 Å². The van der Waals surface area contributed by atoms with Gasteiger partial charge in [-0.05, 0) is 43.7 Å². The number of nitrogens with one attached hydrogen (secondary N) is 1. The van der Waals surface area contributed by atoms with E-state index >= 15 is 0 Å². The summed E-state index contributed by atoms with van der Waals surface area (Å²) in [4.78, 5) is 11.8. The van der Waals surface area contributed by atoms with E-state index in [0.717, 1.165) is 37.8 Å². The zero-order chi connectivity index (χ0) is 12.1. The molecule has 0 unspecified atom stereocenters. The molecule has 100 valence electrons. The highest BCUT2D eigenvalue weighted by Crippen LogP contribution is 2.22. The van der Waals surface area contributed by atoms with E-state index in [-0.39, 0.29) is 18.3 Å². The van der Waals surface area contributed by atoms with Gasteiger partial charge < -0.3 is 11.1 Å². The topological polar surface area (TPSA) is 55.1 Å². The SMILES string of the molecule is Cl.NC1CCC(CNC(=O)c2ccccc2)CC1. The van der Waals surface area contributed by atoms with Crippen molar-refractivity contribution in [3.05, 3.63) is 35.9 Å². The number of amides is 1. The predicted molar refractivity (Wildman–Crippen MR) is 76.0 cm³/mol. The molecule has 1 aromatic rings. The number of nitrogens with two attached hydrogens (primary N) is 1. The van der Waals surface area contributed by atoms with Crippen LogP contribution in [-0.4, -0.2) is 18.5 Å². The van der Waals surface area contributed by atoms with Gasteiger partial charge in [0.05, 0.1) is 0 Å². The molecule has 1 saturated carbocycles. The highest BCUT2D eigenvalue weighted by Gasteiger charge is 2.18. The van der Waals surface area contributed by atoms with Gasteiger partial charge in [0, 0.05) is 18.2 Å². The zero-order valence-electron chi connectivity index (χ0n) is 10.5. The van der Waals surface area contributed by atoms with Crippen LogP contribution in [0, 0.1) is 5.92 Å². The molecule has 1 aliphatic rings. The minimum atomic E-state index is 0. The third kappa shape index (κ3) is 4.31. The van der Waals surface area contributed by atoms with Crippen molar-refractivity contribution in [1.82, 2.24) is 5.32 Å². The number of carbonyl (C=O) groups is 1. The number of benzene rings is 1. The Morgan fingerprint density at radius 1 is 1.17 bits per heavy atom. The van der Waals surface area contributed by atoms with Crippen LogP contribution in [0.2, 0.25) is 0 Å². The van der Waals surface area contributed by atoms with E-state index in [1.54, 1.807) is 0 Å². The molecule has 2 rings (SSSR count). The maximum atomic E-state index is 11.8. The molecule has 1 amide bonds. The van der Waals surface area contributed by atoms with Crippen LogP contribution >= 0.6 is 12.4 Å². The molecule has 3 nitrogen and oxygen atoms in total. The van der Waals surface area contributed by atoms with Crippen LogP contribution in [-0.2, 0) is 0 Å². The van der Waals surface area contributed by atoms with Gasteiger partial charge in [0.2, 0.25) is 0 Å². The summed E-state index contributed by atoms with van der Waals surface area (Å²) >= 11 is 0. The largest absolute Gasteiger partial charge is 0.352 e. The molecule has 0 heterocycles. The lowest BCUT2D eigenvalue weighted by Crippen LogP contribution is -2.34. The summed E-state index contributed by atoms with van der Waals surface area (Å²) in [6, 6.07) is 9.73. The van der Waals surface area contributed by atoms with E-state index in [1.165, 1.54) is 0 Å².